The van der Waals surface area contributed by atoms with E-state index in [2.05, 4.69) is 9.98 Å². The standard InChI is InChI=1S/C20H20ClF3N4O3S/c1-27(2)11-17(13-5-7-15(21)8-6-13)32(30,31)16-9-14(20(22,23)24)10-25-18(16)19(29)26-12-28(3)4/h5-12H,1-4H3/b17-11-,26-12?. The molecular formula is C20H20ClF3N4O3S. The maximum atomic E-state index is 13.5. The molecule has 0 radical (unpaired) electrons. The van der Waals surface area contributed by atoms with Crippen molar-refractivity contribution < 1.29 is 26.4 Å². The van der Waals surface area contributed by atoms with E-state index in [0.717, 1.165) is 6.34 Å². The molecule has 1 aromatic carbocycles. The van der Waals surface area contributed by atoms with E-state index in [1.165, 1.54) is 40.3 Å². The number of hydrogen-bond acceptors (Lipinski definition) is 5. The summed E-state index contributed by atoms with van der Waals surface area (Å²) in [7, 11) is 1.56. The zero-order valence-corrected chi connectivity index (χ0v) is 19.1. The molecule has 7 nitrogen and oxygen atoms in total. The molecule has 0 aliphatic heterocycles. The van der Waals surface area contributed by atoms with E-state index < -0.39 is 38.1 Å². The first kappa shape index (κ1) is 25.3. The van der Waals surface area contributed by atoms with Crippen LogP contribution in [0.5, 0.6) is 0 Å². The molecule has 0 saturated carbocycles. The maximum Gasteiger partial charge on any atom is 0.417 e. The molecule has 12 heteroatoms. The Hall–Kier alpha value is -2.92. The molecule has 0 atom stereocenters. The lowest BCUT2D eigenvalue weighted by Gasteiger charge is -2.16. The average Bonchev–Trinajstić information content (AvgIpc) is 2.69. The number of rotatable bonds is 6. The topological polar surface area (TPSA) is 82.9 Å². The smallest absolute Gasteiger partial charge is 0.382 e. The molecule has 2 aromatic rings. The Bertz CT molecular complexity index is 1160. The molecule has 2 rings (SSSR count). The molecule has 172 valence electrons. The maximum absolute atomic E-state index is 13.5. The van der Waals surface area contributed by atoms with Crippen LogP contribution < -0.4 is 0 Å². The normalized spacial score (nSPS) is 12.8. The minimum absolute atomic E-state index is 0.163. The fraction of sp³-hybridized carbons (Fsp3) is 0.250. The number of carbonyl (C=O) groups excluding carboxylic acids is 1. The highest BCUT2D eigenvalue weighted by Crippen LogP contribution is 2.35. The molecule has 1 amide bonds. The Kier molecular flexibility index (Phi) is 7.68. The van der Waals surface area contributed by atoms with E-state index in [1.54, 1.807) is 28.2 Å². The SMILES string of the molecule is CN(C)C=NC(=O)c1ncc(C(F)(F)F)cc1S(=O)(=O)/C(=C\N(C)C)c1ccc(Cl)cc1. The van der Waals surface area contributed by atoms with Gasteiger partial charge in [0.2, 0.25) is 9.84 Å². The number of aromatic nitrogens is 1. The average molecular weight is 489 g/mol. The quantitative estimate of drug-likeness (QED) is 0.454. The van der Waals surface area contributed by atoms with Gasteiger partial charge < -0.3 is 9.80 Å². The Morgan fingerprint density at radius 3 is 2.19 bits per heavy atom. The Morgan fingerprint density at radius 1 is 1.09 bits per heavy atom. The minimum atomic E-state index is -4.88. The third kappa shape index (κ3) is 6.07. The van der Waals surface area contributed by atoms with Gasteiger partial charge in [0.1, 0.15) is 10.6 Å². The van der Waals surface area contributed by atoms with Crippen molar-refractivity contribution in [3.63, 3.8) is 0 Å². The second-order valence-corrected chi connectivity index (χ2v) is 9.37. The molecule has 0 unspecified atom stereocenters. The summed E-state index contributed by atoms with van der Waals surface area (Å²) in [5.41, 5.74) is -1.88. The number of amides is 1. The van der Waals surface area contributed by atoms with Gasteiger partial charge in [0.25, 0.3) is 5.91 Å². The van der Waals surface area contributed by atoms with Gasteiger partial charge in [-0.3, -0.25) is 4.79 Å². The molecule has 0 N–H and O–H groups in total. The summed E-state index contributed by atoms with van der Waals surface area (Å²) in [6.07, 6.45) is -2.17. The number of carbonyl (C=O) groups is 1. The van der Waals surface area contributed by atoms with E-state index >= 15 is 0 Å². The molecule has 1 aromatic heterocycles. The van der Waals surface area contributed by atoms with Crippen LogP contribution in [0.1, 0.15) is 21.6 Å². The summed E-state index contributed by atoms with van der Waals surface area (Å²) in [5, 5.41) is 0.338. The van der Waals surface area contributed by atoms with E-state index in [9.17, 15) is 26.4 Å². The number of alkyl halides is 3. The van der Waals surface area contributed by atoms with E-state index in [0.29, 0.717) is 17.3 Å². The van der Waals surface area contributed by atoms with Crippen LogP contribution in [0.15, 0.2) is 52.6 Å². The largest absolute Gasteiger partial charge is 0.417 e. The number of halogens is 4. The Morgan fingerprint density at radius 2 is 1.69 bits per heavy atom. The van der Waals surface area contributed by atoms with Crippen LogP contribution in [0.4, 0.5) is 13.2 Å². The third-order valence-corrected chi connectivity index (χ3v) is 5.93. The highest BCUT2D eigenvalue weighted by Gasteiger charge is 2.36. The second kappa shape index (κ2) is 9.70. The highest BCUT2D eigenvalue weighted by molar-refractivity contribution is 8.00. The van der Waals surface area contributed by atoms with Gasteiger partial charge in [0.15, 0.2) is 0 Å². The summed E-state index contributed by atoms with van der Waals surface area (Å²) in [4.78, 5) is 21.2. The van der Waals surface area contributed by atoms with E-state index in [1.807, 2.05) is 0 Å². The number of sulfone groups is 1. The second-order valence-electron chi connectivity index (χ2n) is 7.05. The van der Waals surface area contributed by atoms with Crippen molar-refractivity contribution in [2.45, 2.75) is 11.1 Å². The Balaban J connectivity index is 2.82. The molecule has 1 heterocycles. The van der Waals surface area contributed by atoms with Crippen LogP contribution in [0.3, 0.4) is 0 Å². The number of benzene rings is 1. The zero-order valence-electron chi connectivity index (χ0n) is 17.6. The third-order valence-electron chi connectivity index (χ3n) is 3.87. The number of hydrogen-bond donors (Lipinski definition) is 0. The molecule has 0 spiro atoms. The van der Waals surface area contributed by atoms with Crippen LogP contribution in [0.2, 0.25) is 5.02 Å². The van der Waals surface area contributed by atoms with Gasteiger partial charge in [-0.1, -0.05) is 23.7 Å². The summed E-state index contributed by atoms with van der Waals surface area (Å²) in [6, 6.07) is 6.07. The molecule has 0 bridgehead atoms. The van der Waals surface area contributed by atoms with Gasteiger partial charge >= 0.3 is 6.18 Å². The summed E-state index contributed by atoms with van der Waals surface area (Å²) in [6.45, 7) is 0. The number of aliphatic imine (C=N–C) groups is 1. The van der Waals surface area contributed by atoms with Crippen LogP contribution in [0.25, 0.3) is 4.91 Å². The van der Waals surface area contributed by atoms with Gasteiger partial charge in [-0.2, -0.15) is 18.2 Å². The summed E-state index contributed by atoms with van der Waals surface area (Å²) >= 11 is 5.87. The van der Waals surface area contributed by atoms with Gasteiger partial charge in [-0.05, 0) is 23.8 Å². The predicted octanol–water partition coefficient (Wildman–Crippen LogP) is 3.82. The van der Waals surface area contributed by atoms with Crippen molar-refractivity contribution in [2.24, 2.45) is 4.99 Å². The van der Waals surface area contributed by atoms with Gasteiger partial charge in [-0.25, -0.2) is 13.4 Å². The van der Waals surface area contributed by atoms with E-state index in [4.69, 9.17) is 11.6 Å². The van der Waals surface area contributed by atoms with Crippen LogP contribution in [-0.4, -0.2) is 63.6 Å². The number of pyridine rings is 1. The molecule has 0 aliphatic rings. The fourth-order valence-corrected chi connectivity index (χ4v) is 4.30. The first-order valence-electron chi connectivity index (χ1n) is 8.95. The minimum Gasteiger partial charge on any atom is -0.382 e. The molecule has 0 saturated heterocycles. The highest BCUT2D eigenvalue weighted by atomic mass is 35.5. The van der Waals surface area contributed by atoms with Gasteiger partial charge in [0, 0.05) is 45.6 Å². The first-order chi connectivity index (χ1) is 14.7. The molecule has 0 aliphatic carbocycles. The lowest BCUT2D eigenvalue weighted by molar-refractivity contribution is -0.138. The van der Waals surface area contributed by atoms with Crippen molar-refractivity contribution in [2.75, 3.05) is 28.2 Å². The summed E-state index contributed by atoms with van der Waals surface area (Å²) < 4.78 is 67.1. The lowest BCUT2D eigenvalue weighted by atomic mass is 10.2. The molecular weight excluding hydrogens is 469 g/mol. The summed E-state index contributed by atoms with van der Waals surface area (Å²) in [5.74, 6) is -1.11. The van der Waals surface area contributed by atoms with Crippen molar-refractivity contribution in [3.8, 4) is 0 Å². The van der Waals surface area contributed by atoms with E-state index in [-0.39, 0.29) is 10.5 Å². The van der Waals surface area contributed by atoms with Crippen LogP contribution >= 0.6 is 11.6 Å². The molecule has 32 heavy (non-hydrogen) atoms. The van der Waals surface area contributed by atoms with Crippen LogP contribution in [0, 0.1) is 0 Å². The van der Waals surface area contributed by atoms with Crippen molar-refractivity contribution >= 4 is 38.6 Å². The van der Waals surface area contributed by atoms with Crippen LogP contribution in [-0.2, 0) is 16.0 Å². The monoisotopic (exact) mass is 488 g/mol. The van der Waals surface area contributed by atoms with Gasteiger partial charge in [-0.15, -0.1) is 0 Å². The zero-order chi connectivity index (χ0) is 24.3. The lowest BCUT2D eigenvalue weighted by Crippen LogP contribution is -2.18. The predicted molar refractivity (Wildman–Crippen MR) is 116 cm³/mol. The van der Waals surface area contributed by atoms with Crippen molar-refractivity contribution in [3.05, 3.63) is 64.6 Å². The van der Waals surface area contributed by atoms with Crippen molar-refractivity contribution in [1.82, 2.24) is 14.8 Å². The molecule has 0 fully saturated rings. The van der Waals surface area contributed by atoms with Crippen molar-refractivity contribution in [1.29, 1.82) is 0 Å². The van der Waals surface area contributed by atoms with Gasteiger partial charge in [0.05, 0.1) is 16.8 Å². The number of nitrogens with zero attached hydrogens (tertiary/aromatic N) is 4. The first-order valence-corrected chi connectivity index (χ1v) is 10.8. The fourth-order valence-electron chi connectivity index (χ4n) is 2.46. The Labute approximate surface area is 188 Å².